The standard InChI is InChI=1S/C14H23N3O2/c1-2-17(10-14(16)19)9-13(18)12(15)8-11-6-4-3-5-7-11/h3-7,12-13,18H,2,8-10,15H2,1H3,(H2,16,19). The normalized spacial score (nSPS) is 14.3. The number of amides is 1. The summed E-state index contributed by atoms with van der Waals surface area (Å²) in [6.45, 7) is 3.06. The van der Waals surface area contributed by atoms with Crippen LogP contribution in [-0.4, -0.2) is 47.7 Å². The Balaban J connectivity index is 2.47. The molecule has 1 aromatic rings. The quantitative estimate of drug-likeness (QED) is 0.603. The van der Waals surface area contributed by atoms with Gasteiger partial charge < -0.3 is 16.6 Å². The van der Waals surface area contributed by atoms with Crippen molar-refractivity contribution in [2.24, 2.45) is 11.5 Å². The topological polar surface area (TPSA) is 92.6 Å². The van der Waals surface area contributed by atoms with Gasteiger partial charge in [-0.1, -0.05) is 37.3 Å². The first kappa shape index (κ1) is 15.6. The van der Waals surface area contributed by atoms with Gasteiger partial charge in [-0.3, -0.25) is 9.69 Å². The molecule has 1 aromatic carbocycles. The molecule has 1 rings (SSSR count). The molecule has 5 nitrogen and oxygen atoms in total. The maximum Gasteiger partial charge on any atom is 0.231 e. The predicted molar refractivity (Wildman–Crippen MR) is 75.4 cm³/mol. The molecular formula is C14H23N3O2. The van der Waals surface area contributed by atoms with Crippen molar-refractivity contribution >= 4 is 5.91 Å². The van der Waals surface area contributed by atoms with Crippen LogP contribution in [0.25, 0.3) is 0 Å². The highest BCUT2D eigenvalue weighted by Gasteiger charge is 2.19. The minimum absolute atomic E-state index is 0.144. The number of aliphatic hydroxyl groups is 1. The number of benzene rings is 1. The van der Waals surface area contributed by atoms with Crippen molar-refractivity contribution in [3.63, 3.8) is 0 Å². The van der Waals surface area contributed by atoms with Gasteiger partial charge in [0.05, 0.1) is 12.6 Å². The fourth-order valence-electron chi connectivity index (χ4n) is 1.95. The summed E-state index contributed by atoms with van der Waals surface area (Å²) >= 11 is 0. The van der Waals surface area contributed by atoms with Gasteiger partial charge in [0.25, 0.3) is 0 Å². The zero-order valence-electron chi connectivity index (χ0n) is 11.3. The fourth-order valence-corrected chi connectivity index (χ4v) is 1.95. The lowest BCUT2D eigenvalue weighted by Crippen LogP contribution is -2.46. The molecule has 0 aliphatic carbocycles. The molecule has 0 saturated heterocycles. The molecule has 0 aromatic heterocycles. The molecule has 0 aliphatic rings. The van der Waals surface area contributed by atoms with Crippen LogP contribution in [0.15, 0.2) is 30.3 Å². The van der Waals surface area contributed by atoms with Gasteiger partial charge in [0.2, 0.25) is 5.91 Å². The molecule has 0 bridgehead atoms. The van der Waals surface area contributed by atoms with E-state index >= 15 is 0 Å². The minimum atomic E-state index is -0.681. The Morgan fingerprint density at radius 3 is 2.53 bits per heavy atom. The number of nitrogens with two attached hydrogens (primary N) is 2. The molecular weight excluding hydrogens is 242 g/mol. The second kappa shape index (κ2) is 7.89. The average Bonchev–Trinajstić information content (AvgIpc) is 2.38. The summed E-state index contributed by atoms with van der Waals surface area (Å²) in [4.78, 5) is 12.7. The number of aliphatic hydroxyl groups excluding tert-OH is 1. The third-order valence-corrected chi connectivity index (χ3v) is 3.08. The fraction of sp³-hybridized carbons (Fsp3) is 0.500. The number of hydrogen-bond acceptors (Lipinski definition) is 4. The number of carbonyl (C=O) groups excluding carboxylic acids is 1. The zero-order valence-corrected chi connectivity index (χ0v) is 11.3. The molecule has 5 N–H and O–H groups in total. The monoisotopic (exact) mass is 265 g/mol. The molecule has 0 fully saturated rings. The molecule has 1 amide bonds. The van der Waals surface area contributed by atoms with E-state index in [0.717, 1.165) is 5.56 Å². The molecule has 0 aliphatic heterocycles. The van der Waals surface area contributed by atoms with Gasteiger partial charge in [-0.05, 0) is 18.5 Å². The summed E-state index contributed by atoms with van der Waals surface area (Å²) in [5.74, 6) is -0.398. The van der Waals surface area contributed by atoms with E-state index in [1.807, 2.05) is 37.3 Å². The highest BCUT2D eigenvalue weighted by Crippen LogP contribution is 2.05. The molecule has 2 unspecified atom stereocenters. The molecule has 5 heteroatoms. The van der Waals surface area contributed by atoms with E-state index in [1.54, 1.807) is 4.90 Å². The van der Waals surface area contributed by atoms with E-state index in [-0.39, 0.29) is 12.6 Å². The molecule has 106 valence electrons. The van der Waals surface area contributed by atoms with E-state index in [9.17, 15) is 9.90 Å². The van der Waals surface area contributed by atoms with Crippen molar-refractivity contribution < 1.29 is 9.90 Å². The number of rotatable bonds is 8. The lowest BCUT2D eigenvalue weighted by atomic mass is 10.0. The number of nitrogens with zero attached hydrogens (tertiary/aromatic N) is 1. The smallest absolute Gasteiger partial charge is 0.231 e. The summed E-state index contributed by atoms with van der Waals surface area (Å²) in [5, 5.41) is 10.1. The highest BCUT2D eigenvalue weighted by atomic mass is 16.3. The van der Waals surface area contributed by atoms with E-state index in [4.69, 9.17) is 11.5 Å². The molecule has 0 radical (unpaired) electrons. The summed E-state index contributed by atoms with van der Waals surface area (Å²) in [7, 11) is 0. The Hall–Kier alpha value is -1.43. The molecule has 0 saturated carbocycles. The van der Waals surface area contributed by atoms with Crippen LogP contribution in [-0.2, 0) is 11.2 Å². The second-order valence-corrected chi connectivity index (χ2v) is 4.71. The third-order valence-electron chi connectivity index (χ3n) is 3.08. The van der Waals surface area contributed by atoms with Crippen LogP contribution >= 0.6 is 0 Å². The number of hydrogen-bond donors (Lipinski definition) is 3. The van der Waals surface area contributed by atoms with Crippen molar-refractivity contribution in [2.45, 2.75) is 25.5 Å². The van der Waals surface area contributed by atoms with Crippen LogP contribution in [0.5, 0.6) is 0 Å². The van der Waals surface area contributed by atoms with Crippen LogP contribution in [0.4, 0.5) is 0 Å². The Bertz CT molecular complexity index is 384. The largest absolute Gasteiger partial charge is 0.390 e. The maximum atomic E-state index is 10.9. The van der Waals surface area contributed by atoms with Gasteiger partial charge in [0, 0.05) is 12.6 Å². The Morgan fingerprint density at radius 2 is 2.00 bits per heavy atom. The van der Waals surface area contributed by atoms with E-state index in [2.05, 4.69) is 0 Å². The van der Waals surface area contributed by atoms with Crippen molar-refractivity contribution in [1.29, 1.82) is 0 Å². The van der Waals surface area contributed by atoms with Gasteiger partial charge in [-0.15, -0.1) is 0 Å². The van der Waals surface area contributed by atoms with E-state index in [1.165, 1.54) is 0 Å². The van der Waals surface area contributed by atoms with Crippen LogP contribution in [0.1, 0.15) is 12.5 Å². The summed E-state index contributed by atoms with van der Waals surface area (Å²) in [6.07, 6.45) is -0.0737. The van der Waals surface area contributed by atoms with Crippen LogP contribution in [0.2, 0.25) is 0 Å². The van der Waals surface area contributed by atoms with Crippen molar-refractivity contribution in [3.8, 4) is 0 Å². The van der Waals surface area contributed by atoms with Gasteiger partial charge in [-0.2, -0.15) is 0 Å². The lowest BCUT2D eigenvalue weighted by Gasteiger charge is -2.26. The SMILES string of the molecule is CCN(CC(N)=O)CC(O)C(N)Cc1ccccc1. The van der Waals surface area contributed by atoms with Crippen molar-refractivity contribution in [3.05, 3.63) is 35.9 Å². The average molecular weight is 265 g/mol. The predicted octanol–water partition coefficient (Wildman–Crippen LogP) is -0.275. The number of primary amides is 1. The molecule has 19 heavy (non-hydrogen) atoms. The van der Waals surface area contributed by atoms with Crippen LogP contribution < -0.4 is 11.5 Å². The molecule has 2 atom stereocenters. The lowest BCUT2D eigenvalue weighted by molar-refractivity contribution is -0.119. The second-order valence-electron chi connectivity index (χ2n) is 4.71. The van der Waals surface area contributed by atoms with Gasteiger partial charge in [0.1, 0.15) is 0 Å². The number of carbonyl (C=O) groups is 1. The summed E-state index contributed by atoms with van der Waals surface area (Å²) in [6, 6.07) is 9.43. The van der Waals surface area contributed by atoms with Crippen molar-refractivity contribution in [1.82, 2.24) is 4.90 Å². The van der Waals surface area contributed by atoms with E-state index < -0.39 is 12.0 Å². The zero-order chi connectivity index (χ0) is 14.3. The first-order valence-electron chi connectivity index (χ1n) is 6.51. The Kier molecular flexibility index (Phi) is 6.49. The van der Waals surface area contributed by atoms with Gasteiger partial charge in [-0.25, -0.2) is 0 Å². The highest BCUT2D eigenvalue weighted by molar-refractivity contribution is 5.75. The minimum Gasteiger partial charge on any atom is -0.390 e. The summed E-state index contributed by atoms with van der Waals surface area (Å²) < 4.78 is 0. The van der Waals surface area contributed by atoms with Crippen molar-refractivity contribution in [2.75, 3.05) is 19.6 Å². The first-order chi connectivity index (χ1) is 9.02. The number of likely N-dealkylation sites (N-methyl/N-ethyl adjacent to an activating group) is 1. The molecule has 0 heterocycles. The Labute approximate surface area is 114 Å². The summed E-state index contributed by atoms with van der Waals surface area (Å²) in [5.41, 5.74) is 12.2. The van der Waals surface area contributed by atoms with Crippen LogP contribution in [0, 0.1) is 0 Å². The third kappa shape index (κ3) is 5.83. The van der Waals surface area contributed by atoms with Crippen LogP contribution in [0.3, 0.4) is 0 Å². The van der Waals surface area contributed by atoms with Gasteiger partial charge in [0.15, 0.2) is 0 Å². The first-order valence-corrected chi connectivity index (χ1v) is 6.51. The molecule has 0 spiro atoms. The van der Waals surface area contributed by atoms with E-state index in [0.29, 0.717) is 19.5 Å². The maximum absolute atomic E-state index is 10.9. The van der Waals surface area contributed by atoms with Gasteiger partial charge >= 0.3 is 0 Å². The Morgan fingerprint density at radius 1 is 1.37 bits per heavy atom.